The first-order chi connectivity index (χ1) is 8.49. The van der Waals surface area contributed by atoms with Crippen LogP contribution in [0.2, 0.25) is 0 Å². The number of nitrogens with two attached hydrogens (primary N) is 1. The van der Waals surface area contributed by atoms with Crippen LogP contribution >= 0.6 is 15.9 Å². The van der Waals surface area contributed by atoms with Crippen LogP contribution in [0.4, 0.5) is 0 Å². The minimum absolute atomic E-state index is 0.209. The molecule has 0 bridgehead atoms. The molecule has 0 radical (unpaired) electrons. The Bertz CT molecular complexity index is 676. The van der Waals surface area contributed by atoms with E-state index in [2.05, 4.69) is 15.9 Å². The van der Waals surface area contributed by atoms with E-state index in [-0.39, 0.29) is 16.8 Å². The van der Waals surface area contributed by atoms with E-state index in [1.165, 1.54) is 6.07 Å². The van der Waals surface area contributed by atoms with Crippen LogP contribution in [-0.2, 0) is 0 Å². The molecule has 2 aromatic rings. The molecule has 0 fully saturated rings. The van der Waals surface area contributed by atoms with Gasteiger partial charge in [0.1, 0.15) is 5.84 Å². The maximum Gasteiger partial charge on any atom is 0.192 e. The van der Waals surface area contributed by atoms with Gasteiger partial charge in [-0.05, 0) is 25.1 Å². The monoisotopic (exact) mass is 305 g/mol. The van der Waals surface area contributed by atoms with Crippen LogP contribution in [0, 0.1) is 12.3 Å². The van der Waals surface area contributed by atoms with Gasteiger partial charge in [0.2, 0.25) is 0 Å². The lowest BCUT2D eigenvalue weighted by molar-refractivity contribution is 0.967. The average molecular weight is 306 g/mol. The van der Waals surface area contributed by atoms with Gasteiger partial charge in [0.15, 0.2) is 5.43 Å². The molecular formula is C13H12BrN3O. The van der Waals surface area contributed by atoms with Crippen molar-refractivity contribution >= 4 is 21.8 Å². The number of nitrogens with zero attached hydrogens (tertiary/aromatic N) is 1. The molecule has 0 aliphatic carbocycles. The summed E-state index contributed by atoms with van der Waals surface area (Å²) in [6.07, 6.45) is 1.60. The SMILES string of the molecule is Cc1cc(=O)c(C(=N)N)cn1-c1cccc(Br)c1. The Balaban J connectivity index is 2.68. The standard InChI is InChI=1S/C13H12BrN3O/c1-8-5-12(18)11(13(15)16)7-17(8)10-4-2-3-9(14)6-10/h2-7H,1H3,(H3,15,16). The van der Waals surface area contributed by atoms with Gasteiger partial charge in [-0.3, -0.25) is 10.2 Å². The molecule has 3 N–H and O–H groups in total. The van der Waals surface area contributed by atoms with E-state index in [0.717, 1.165) is 15.9 Å². The zero-order valence-electron chi connectivity index (χ0n) is 9.77. The van der Waals surface area contributed by atoms with Crippen molar-refractivity contribution in [1.29, 1.82) is 5.41 Å². The fourth-order valence-electron chi connectivity index (χ4n) is 1.74. The summed E-state index contributed by atoms with van der Waals surface area (Å²) in [7, 11) is 0. The number of halogens is 1. The summed E-state index contributed by atoms with van der Waals surface area (Å²) in [4.78, 5) is 11.7. The molecule has 1 aromatic heterocycles. The van der Waals surface area contributed by atoms with E-state index in [9.17, 15) is 4.79 Å². The Hall–Kier alpha value is -1.88. The van der Waals surface area contributed by atoms with Crippen molar-refractivity contribution in [3.8, 4) is 5.69 Å². The topological polar surface area (TPSA) is 71.9 Å². The third-order valence-corrected chi connectivity index (χ3v) is 3.11. The summed E-state index contributed by atoms with van der Waals surface area (Å²) in [6.45, 7) is 1.84. The van der Waals surface area contributed by atoms with Gasteiger partial charge in [-0.15, -0.1) is 0 Å². The van der Waals surface area contributed by atoms with Gasteiger partial charge in [0.05, 0.1) is 5.56 Å². The summed E-state index contributed by atoms with van der Waals surface area (Å²) in [5, 5.41) is 7.40. The van der Waals surface area contributed by atoms with Crippen molar-refractivity contribution in [2.24, 2.45) is 5.73 Å². The Morgan fingerprint density at radius 3 is 2.72 bits per heavy atom. The van der Waals surface area contributed by atoms with Gasteiger partial charge in [0, 0.05) is 28.1 Å². The highest BCUT2D eigenvalue weighted by Crippen LogP contribution is 2.16. The first-order valence-electron chi connectivity index (χ1n) is 5.32. The van der Waals surface area contributed by atoms with Gasteiger partial charge < -0.3 is 10.3 Å². The number of nitrogen functional groups attached to an aromatic ring is 1. The van der Waals surface area contributed by atoms with Crippen molar-refractivity contribution in [3.05, 3.63) is 62.5 Å². The number of benzene rings is 1. The molecule has 0 saturated carbocycles. The van der Waals surface area contributed by atoms with Gasteiger partial charge in [-0.2, -0.15) is 0 Å². The first kappa shape index (κ1) is 12.6. The summed E-state index contributed by atoms with van der Waals surface area (Å²) in [5.41, 5.74) is 7.08. The van der Waals surface area contributed by atoms with Crippen molar-refractivity contribution in [2.45, 2.75) is 6.92 Å². The number of amidine groups is 1. The number of aromatic nitrogens is 1. The number of pyridine rings is 1. The third kappa shape index (κ3) is 2.36. The predicted molar refractivity (Wildman–Crippen MR) is 75.5 cm³/mol. The van der Waals surface area contributed by atoms with Crippen LogP contribution < -0.4 is 11.2 Å². The number of hydrogen-bond donors (Lipinski definition) is 2. The fraction of sp³-hybridized carbons (Fsp3) is 0.0769. The molecule has 0 spiro atoms. The zero-order valence-corrected chi connectivity index (χ0v) is 11.4. The summed E-state index contributed by atoms with van der Waals surface area (Å²) in [5.74, 6) is -0.219. The number of nitrogens with one attached hydrogen (secondary N) is 1. The minimum Gasteiger partial charge on any atom is -0.384 e. The maximum absolute atomic E-state index is 11.7. The lowest BCUT2D eigenvalue weighted by Gasteiger charge is -2.12. The first-order valence-corrected chi connectivity index (χ1v) is 6.12. The Kier molecular flexibility index (Phi) is 3.34. The highest BCUT2D eigenvalue weighted by Gasteiger charge is 2.07. The zero-order chi connectivity index (χ0) is 13.3. The highest BCUT2D eigenvalue weighted by atomic mass is 79.9. The molecule has 4 nitrogen and oxygen atoms in total. The smallest absolute Gasteiger partial charge is 0.192 e. The molecule has 0 aliphatic rings. The van der Waals surface area contributed by atoms with Crippen LogP contribution in [0.1, 0.15) is 11.3 Å². The average Bonchev–Trinajstić information content (AvgIpc) is 2.28. The van der Waals surface area contributed by atoms with Gasteiger partial charge in [-0.25, -0.2) is 0 Å². The maximum atomic E-state index is 11.7. The van der Waals surface area contributed by atoms with Gasteiger partial charge >= 0.3 is 0 Å². The summed E-state index contributed by atoms with van der Waals surface area (Å²) >= 11 is 3.40. The molecule has 0 aliphatic heterocycles. The second-order valence-electron chi connectivity index (χ2n) is 3.96. The Labute approximate surface area is 113 Å². The number of aryl methyl sites for hydroxylation is 1. The third-order valence-electron chi connectivity index (χ3n) is 2.62. The van der Waals surface area contributed by atoms with Crippen molar-refractivity contribution in [2.75, 3.05) is 0 Å². The van der Waals surface area contributed by atoms with E-state index in [0.29, 0.717) is 0 Å². The molecule has 1 heterocycles. The molecule has 0 amide bonds. The Morgan fingerprint density at radius 1 is 1.39 bits per heavy atom. The normalized spacial score (nSPS) is 10.3. The second kappa shape index (κ2) is 4.78. The summed E-state index contributed by atoms with van der Waals surface area (Å²) in [6, 6.07) is 9.17. The van der Waals surface area contributed by atoms with E-state index in [1.54, 1.807) is 6.20 Å². The lowest BCUT2D eigenvalue weighted by Crippen LogP contribution is -2.23. The molecule has 0 atom stereocenters. The molecule has 2 rings (SSSR count). The minimum atomic E-state index is -0.230. The van der Waals surface area contributed by atoms with Crippen molar-refractivity contribution in [3.63, 3.8) is 0 Å². The van der Waals surface area contributed by atoms with E-state index in [1.807, 2.05) is 35.8 Å². The van der Waals surface area contributed by atoms with Crippen LogP contribution in [0.15, 0.2) is 45.8 Å². The van der Waals surface area contributed by atoms with Crippen molar-refractivity contribution in [1.82, 2.24) is 4.57 Å². The lowest BCUT2D eigenvalue weighted by atomic mass is 10.2. The van der Waals surface area contributed by atoms with E-state index < -0.39 is 0 Å². The molecule has 0 saturated heterocycles. The van der Waals surface area contributed by atoms with Crippen LogP contribution in [0.3, 0.4) is 0 Å². The number of rotatable bonds is 2. The van der Waals surface area contributed by atoms with Crippen LogP contribution in [0.25, 0.3) is 5.69 Å². The van der Waals surface area contributed by atoms with Crippen molar-refractivity contribution < 1.29 is 0 Å². The molecule has 1 aromatic carbocycles. The van der Waals surface area contributed by atoms with Crippen LogP contribution in [0.5, 0.6) is 0 Å². The second-order valence-corrected chi connectivity index (χ2v) is 4.87. The molecule has 18 heavy (non-hydrogen) atoms. The molecular weight excluding hydrogens is 294 g/mol. The van der Waals surface area contributed by atoms with Gasteiger partial charge in [-0.1, -0.05) is 22.0 Å². The van der Waals surface area contributed by atoms with Crippen LogP contribution in [-0.4, -0.2) is 10.4 Å². The van der Waals surface area contributed by atoms with Gasteiger partial charge in [0.25, 0.3) is 0 Å². The number of hydrogen-bond acceptors (Lipinski definition) is 2. The Morgan fingerprint density at radius 2 is 2.11 bits per heavy atom. The van der Waals surface area contributed by atoms with E-state index >= 15 is 0 Å². The fourth-order valence-corrected chi connectivity index (χ4v) is 2.13. The molecule has 0 unspecified atom stereocenters. The largest absolute Gasteiger partial charge is 0.384 e. The van der Waals surface area contributed by atoms with E-state index in [4.69, 9.17) is 11.1 Å². The molecule has 5 heteroatoms. The summed E-state index contributed by atoms with van der Waals surface area (Å²) < 4.78 is 2.78. The highest BCUT2D eigenvalue weighted by molar-refractivity contribution is 9.10. The molecule has 92 valence electrons. The quantitative estimate of drug-likeness (QED) is 0.659. The predicted octanol–water partition coefficient (Wildman–Crippen LogP) is 2.19.